The molecule has 216 valence electrons. The first-order chi connectivity index (χ1) is 20.1. The Morgan fingerprint density at radius 3 is 2.50 bits per heavy atom. The average Bonchev–Trinajstić information content (AvgIpc) is 3.23. The molecule has 1 aromatic heterocycles. The second-order valence-corrected chi connectivity index (χ2v) is 13.0. The lowest BCUT2D eigenvalue weighted by atomic mass is 9.95. The number of allylic oxidation sites excluding steroid dienone is 1. The van der Waals surface area contributed by atoms with Crippen LogP contribution >= 0.6 is 68.7 Å². The number of nitrogens with zero attached hydrogens (tertiary/aromatic N) is 2. The van der Waals surface area contributed by atoms with Gasteiger partial charge in [-0.25, -0.2) is 9.79 Å². The van der Waals surface area contributed by atoms with Crippen LogP contribution in [0.2, 0.25) is 15.1 Å². The van der Waals surface area contributed by atoms with E-state index in [2.05, 4.69) is 27.6 Å². The summed E-state index contributed by atoms with van der Waals surface area (Å²) in [5.41, 5.74) is 3.78. The number of carbonyl (C=O) groups excluding carboxylic acids is 1. The number of hydrogen-bond acceptors (Lipinski definition) is 6. The van der Waals surface area contributed by atoms with Crippen molar-refractivity contribution in [3.05, 3.63) is 126 Å². The molecule has 0 unspecified atom stereocenters. The van der Waals surface area contributed by atoms with Gasteiger partial charge in [0.2, 0.25) is 0 Å². The number of aromatic nitrogens is 1. The lowest BCUT2D eigenvalue weighted by Crippen LogP contribution is -2.39. The molecule has 1 aliphatic heterocycles. The maximum Gasteiger partial charge on any atom is 0.338 e. The molecule has 5 rings (SSSR count). The van der Waals surface area contributed by atoms with Crippen LogP contribution in [0, 0.1) is 10.5 Å². The molecule has 0 radical (unpaired) electrons. The normalized spacial score (nSPS) is 14.9. The predicted octanol–water partition coefficient (Wildman–Crippen LogP) is 7.25. The molecule has 2 heterocycles. The fraction of sp³-hybridized carbons (Fsp3) is 0.194. The van der Waals surface area contributed by atoms with Crippen molar-refractivity contribution in [1.82, 2.24) is 4.57 Å². The monoisotopic (exact) mass is 752 g/mol. The molecule has 0 fully saturated rings. The van der Waals surface area contributed by atoms with Crippen molar-refractivity contribution in [3.63, 3.8) is 0 Å². The molecule has 0 aliphatic carbocycles. The molecular formula is C31H24Cl3IN2O4S. The van der Waals surface area contributed by atoms with Gasteiger partial charge in [-0.05, 0) is 79.3 Å². The highest BCUT2D eigenvalue weighted by molar-refractivity contribution is 14.1. The highest BCUT2D eigenvalue weighted by Gasteiger charge is 2.33. The van der Waals surface area contributed by atoms with Crippen LogP contribution in [0.25, 0.3) is 6.08 Å². The molecule has 1 atom stereocenters. The van der Waals surface area contributed by atoms with E-state index in [9.17, 15) is 9.59 Å². The van der Waals surface area contributed by atoms with Gasteiger partial charge in [0.15, 0.2) is 4.80 Å². The van der Waals surface area contributed by atoms with Gasteiger partial charge in [0.1, 0.15) is 12.4 Å². The molecule has 1 aliphatic rings. The van der Waals surface area contributed by atoms with Crippen LogP contribution in [0.3, 0.4) is 0 Å². The van der Waals surface area contributed by atoms with E-state index >= 15 is 0 Å². The highest BCUT2D eigenvalue weighted by Crippen LogP contribution is 2.33. The van der Waals surface area contributed by atoms with E-state index in [4.69, 9.17) is 44.3 Å². The summed E-state index contributed by atoms with van der Waals surface area (Å²) in [6.45, 7) is 5.88. The topological polar surface area (TPSA) is 69.9 Å². The Kier molecular flexibility index (Phi) is 9.49. The van der Waals surface area contributed by atoms with Gasteiger partial charge in [0.25, 0.3) is 5.56 Å². The van der Waals surface area contributed by atoms with Gasteiger partial charge in [-0.15, -0.1) is 0 Å². The Bertz CT molecular complexity index is 1920. The Hall–Kier alpha value is -2.63. The molecule has 0 bridgehead atoms. The second kappa shape index (κ2) is 12.9. The minimum absolute atomic E-state index is 0.186. The molecule has 4 aromatic rings. The second-order valence-electron chi connectivity index (χ2n) is 9.54. The van der Waals surface area contributed by atoms with E-state index in [1.54, 1.807) is 54.8 Å². The van der Waals surface area contributed by atoms with Crippen molar-refractivity contribution in [2.45, 2.75) is 33.4 Å². The number of thiazole rings is 1. The molecule has 0 N–H and O–H groups in total. The zero-order valence-corrected chi connectivity index (χ0v) is 28.0. The molecule has 0 saturated carbocycles. The van der Waals surface area contributed by atoms with Crippen molar-refractivity contribution in [2.75, 3.05) is 6.61 Å². The summed E-state index contributed by atoms with van der Waals surface area (Å²) >= 11 is 22.2. The largest absolute Gasteiger partial charge is 0.487 e. The van der Waals surface area contributed by atoms with Gasteiger partial charge < -0.3 is 9.47 Å². The van der Waals surface area contributed by atoms with Crippen LogP contribution in [0.15, 0.2) is 75.7 Å². The fourth-order valence-electron chi connectivity index (χ4n) is 4.63. The van der Waals surface area contributed by atoms with Crippen molar-refractivity contribution >= 4 is 80.8 Å². The van der Waals surface area contributed by atoms with Gasteiger partial charge in [-0.1, -0.05) is 82.0 Å². The van der Waals surface area contributed by atoms with Gasteiger partial charge in [-0.3, -0.25) is 9.36 Å². The average molecular weight is 754 g/mol. The summed E-state index contributed by atoms with van der Waals surface area (Å²) in [6.07, 6.45) is 1.74. The third kappa shape index (κ3) is 6.33. The number of aryl methyl sites for hydroxylation is 1. The van der Waals surface area contributed by atoms with E-state index in [0.717, 1.165) is 20.3 Å². The summed E-state index contributed by atoms with van der Waals surface area (Å²) in [5.74, 6) is 0.0508. The van der Waals surface area contributed by atoms with Crippen molar-refractivity contribution in [3.8, 4) is 5.75 Å². The molecule has 6 nitrogen and oxygen atoms in total. The molecular weight excluding hydrogens is 730 g/mol. The Morgan fingerprint density at radius 2 is 1.81 bits per heavy atom. The van der Waals surface area contributed by atoms with Crippen LogP contribution in [0.1, 0.15) is 42.1 Å². The smallest absolute Gasteiger partial charge is 0.338 e. The van der Waals surface area contributed by atoms with E-state index in [0.29, 0.717) is 47.0 Å². The van der Waals surface area contributed by atoms with Gasteiger partial charge >= 0.3 is 5.97 Å². The summed E-state index contributed by atoms with van der Waals surface area (Å²) in [5, 5.41) is 1.52. The minimum Gasteiger partial charge on any atom is -0.487 e. The Morgan fingerprint density at radius 1 is 1.07 bits per heavy atom. The quantitative estimate of drug-likeness (QED) is 0.147. The number of rotatable bonds is 7. The summed E-state index contributed by atoms with van der Waals surface area (Å²) in [4.78, 5) is 32.3. The number of halogens is 4. The van der Waals surface area contributed by atoms with E-state index < -0.39 is 12.0 Å². The molecule has 0 amide bonds. The summed E-state index contributed by atoms with van der Waals surface area (Å²) in [7, 11) is 0. The highest BCUT2D eigenvalue weighted by atomic mass is 127. The first kappa shape index (κ1) is 30.8. The Labute approximate surface area is 275 Å². The summed E-state index contributed by atoms with van der Waals surface area (Å²) < 4.78 is 14.3. The van der Waals surface area contributed by atoms with Crippen molar-refractivity contribution in [2.24, 2.45) is 4.99 Å². The maximum atomic E-state index is 14.0. The summed E-state index contributed by atoms with van der Waals surface area (Å²) in [6, 6.07) is 15.8. The SMILES string of the molecule is CCOC(=O)C1=C(C)N=c2s/c(=C\c3cc(Cl)cc(I)c3OCc3ccc(Cl)cc3Cl)c(=O)n2[C@@H]1c1ccc(C)cc1. The van der Waals surface area contributed by atoms with Crippen LogP contribution in [0.5, 0.6) is 5.75 Å². The van der Waals surface area contributed by atoms with Gasteiger partial charge in [0, 0.05) is 26.2 Å². The standard InChI is InChI=1S/C31H24Cl3IN2O4S/c1-4-40-30(39)26-17(3)36-31-37(27(26)18-7-5-16(2)6-8-18)29(38)25(42-31)12-20-11-22(33)14-24(35)28(20)41-15-19-9-10-21(32)13-23(19)34/h5-14,27H,4,15H2,1-3H3/b25-12-/t27-/m1/s1. The molecule has 0 spiro atoms. The van der Waals surface area contributed by atoms with Gasteiger partial charge in [0.05, 0.1) is 32.0 Å². The minimum atomic E-state index is -0.690. The van der Waals surface area contributed by atoms with Crippen molar-refractivity contribution < 1.29 is 14.3 Å². The van der Waals surface area contributed by atoms with E-state index in [-0.39, 0.29) is 18.8 Å². The first-order valence-electron chi connectivity index (χ1n) is 12.9. The third-order valence-electron chi connectivity index (χ3n) is 6.62. The van der Waals surface area contributed by atoms with Crippen LogP contribution in [-0.2, 0) is 16.1 Å². The zero-order chi connectivity index (χ0) is 30.1. The van der Waals surface area contributed by atoms with Crippen LogP contribution in [-0.4, -0.2) is 17.1 Å². The number of benzene rings is 3. The number of ether oxygens (including phenoxy) is 2. The maximum absolute atomic E-state index is 14.0. The van der Waals surface area contributed by atoms with E-state index in [1.165, 1.54) is 11.3 Å². The van der Waals surface area contributed by atoms with Gasteiger partial charge in [-0.2, -0.15) is 0 Å². The lowest BCUT2D eigenvalue weighted by Gasteiger charge is -2.24. The zero-order valence-electron chi connectivity index (χ0n) is 22.7. The Balaban J connectivity index is 1.64. The van der Waals surface area contributed by atoms with Crippen LogP contribution in [0.4, 0.5) is 0 Å². The number of fused-ring (bicyclic) bond motifs is 1. The van der Waals surface area contributed by atoms with Crippen LogP contribution < -0.4 is 19.6 Å². The fourth-order valence-corrected chi connectivity index (χ4v) is 7.34. The first-order valence-corrected chi connectivity index (χ1v) is 15.9. The predicted molar refractivity (Wildman–Crippen MR) is 177 cm³/mol. The van der Waals surface area contributed by atoms with E-state index in [1.807, 2.05) is 31.2 Å². The lowest BCUT2D eigenvalue weighted by molar-refractivity contribution is -0.139. The van der Waals surface area contributed by atoms with Crippen molar-refractivity contribution in [1.29, 1.82) is 0 Å². The molecule has 42 heavy (non-hydrogen) atoms. The molecule has 3 aromatic carbocycles. The number of carbonyl (C=O) groups is 1. The molecule has 0 saturated heterocycles. The third-order valence-corrected chi connectivity index (χ3v) is 9.21. The number of hydrogen-bond donors (Lipinski definition) is 0. The number of esters is 1. The molecule has 11 heteroatoms.